The van der Waals surface area contributed by atoms with Gasteiger partial charge in [0.25, 0.3) is 0 Å². The molecule has 0 nitrogen and oxygen atoms in total. The van der Waals surface area contributed by atoms with Crippen molar-refractivity contribution in [3.8, 4) is 21.6 Å². The molecule has 0 saturated heterocycles. The Hall–Kier alpha value is -3.72. The van der Waals surface area contributed by atoms with Gasteiger partial charge < -0.3 is 0 Å². The summed E-state index contributed by atoms with van der Waals surface area (Å²) in [5.41, 5.74) is 13.1. The zero-order valence-corrected chi connectivity index (χ0v) is 26.9. The van der Waals surface area contributed by atoms with Crippen LogP contribution >= 0.6 is 22.7 Å². The van der Waals surface area contributed by atoms with Crippen molar-refractivity contribution in [3.05, 3.63) is 136 Å². The first kappa shape index (κ1) is 25.7. The van der Waals surface area contributed by atoms with Crippen molar-refractivity contribution in [3.63, 3.8) is 0 Å². The minimum atomic E-state index is -0.0427. The summed E-state index contributed by atoms with van der Waals surface area (Å²) >= 11 is 3.82. The van der Waals surface area contributed by atoms with Gasteiger partial charge in [0.2, 0.25) is 0 Å². The van der Waals surface area contributed by atoms with Crippen molar-refractivity contribution in [2.75, 3.05) is 0 Å². The Balaban J connectivity index is 1.15. The van der Waals surface area contributed by atoms with Gasteiger partial charge in [-0.2, -0.15) is 0 Å². The van der Waals surface area contributed by atoms with Crippen LogP contribution in [-0.4, -0.2) is 0 Å². The van der Waals surface area contributed by atoms with E-state index >= 15 is 0 Å². The molecule has 2 heterocycles. The fraction of sp³-hybridized carbons (Fsp3) is 0.220. The maximum atomic E-state index is 2.60. The van der Waals surface area contributed by atoms with E-state index in [1.165, 1.54) is 74.5 Å². The monoisotopic (exact) mass is 590 g/mol. The van der Waals surface area contributed by atoms with Crippen LogP contribution in [0.1, 0.15) is 67.7 Å². The molecule has 0 amide bonds. The third-order valence-corrected chi connectivity index (χ3v) is 13.1. The van der Waals surface area contributed by atoms with Crippen LogP contribution in [0.3, 0.4) is 0 Å². The first-order chi connectivity index (χ1) is 20.7. The number of hydrogen-bond donors (Lipinski definition) is 0. The highest BCUT2D eigenvalue weighted by atomic mass is 32.1. The number of rotatable bonds is 2. The molecular weight excluding hydrogens is 557 g/mol. The summed E-state index contributed by atoms with van der Waals surface area (Å²) in [5, 5.41) is 2.68. The van der Waals surface area contributed by atoms with E-state index in [9.17, 15) is 0 Å². The molecule has 210 valence electrons. The summed E-state index contributed by atoms with van der Waals surface area (Å²) in [5.74, 6) is 0.884. The molecule has 6 aromatic rings. The standard InChI is InChI=1S/C41H34S2/c1-23-16-27(38-20-25-11-7-9-13-36(25)43-38)18-34-39(23)30-22-32-29(21-33(30)41(34,4)5)28-15-14-26(17-31(28)40(32,2)3)37-19-24-10-6-8-12-35(24)42-37/h6-22,34,39H,1-5H3. The summed E-state index contributed by atoms with van der Waals surface area (Å²) in [6.07, 6.45) is 5.07. The van der Waals surface area contributed by atoms with E-state index in [2.05, 4.69) is 138 Å². The number of fused-ring (bicyclic) bond motifs is 8. The van der Waals surface area contributed by atoms with Gasteiger partial charge in [-0.15, -0.1) is 22.7 Å². The summed E-state index contributed by atoms with van der Waals surface area (Å²) in [6.45, 7) is 12.2. The predicted molar refractivity (Wildman–Crippen MR) is 188 cm³/mol. The van der Waals surface area contributed by atoms with Crippen molar-refractivity contribution in [1.82, 2.24) is 0 Å². The lowest BCUT2D eigenvalue weighted by atomic mass is 9.71. The van der Waals surface area contributed by atoms with Crippen molar-refractivity contribution < 1.29 is 0 Å². The Morgan fingerprint density at radius 3 is 2.00 bits per heavy atom. The van der Waals surface area contributed by atoms with E-state index in [0.717, 1.165) is 0 Å². The summed E-state index contributed by atoms with van der Waals surface area (Å²) in [6, 6.07) is 34.6. The van der Waals surface area contributed by atoms with Gasteiger partial charge in [0, 0.05) is 30.5 Å². The van der Waals surface area contributed by atoms with Crippen LogP contribution in [0.2, 0.25) is 0 Å². The Morgan fingerprint density at radius 1 is 0.628 bits per heavy atom. The van der Waals surface area contributed by atoms with Crippen LogP contribution < -0.4 is 0 Å². The molecule has 0 aliphatic heterocycles. The summed E-state index contributed by atoms with van der Waals surface area (Å²) in [4.78, 5) is 2.74. The minimum Gasteiger partial charge on any atom is -0.135 e. The van der Waals surface area contributed by atoms with Gasteiger partial charge in [-0.25, -0.2) is 0 Å². The van der Waals surface area contributed by atoms with Gasteiger partial charge in [0.05, 0.1) is 0 Å². The van der Waals surface area contributed by atoms with Gasteiger partial charge in [0.15, 0.2) is 0 Å². The second-order valence-corrected chi connectivity index (χ2v) is 16.1. The quantitative estimate of drug-likeness (QED) is 0.188. The number of hydrogen-bond acceptors (Lipinski definition) is 2. The largest absolute Gasteiger partial charge is 0.135 e. The van der Waals surface area contributed by atoms with E-state index < -0.39 is 0 Å². The van der Waals surface area contributed by atoms with Gasteiger partial charge in [-0.3, -0.25) is 0 Å². The molecule has 0 saturated carbocycles. The van der Waals surface area contributed by atoms with Crippen LogP contribution in [0.5, 0.6) is 0 Å². The lowest BCUT2D eigenvalue weighted by Crippen LogP contribution is -2.26. The zero-order chi connectivity index (χ0) is 29.2. The highest BCUT2D eigenvalue weighted by Crippen LogP contribution is 2.60. The average Bonchev–Trinajstić information content (AvgIpc) is 3.73. The number of allylic oxidation sites excluding steroid dienone is 4. The highest BCUT2D eigenvalue weighted by Gasteiger charge is 2.49. The van der Waals surface area contributed by atoms with Crippen molar-refractivity contribution in [2.45, 2.75) is 51.4 Å². The van der Waals surface area contributed by atoms with Crippen LogP contribution in [-0.2, 0) is 10.8 Å². The van der Waals surface area contributed by atoms with Crippen LogP contribution in [0.15, 0.2) is 109 Å². The molecule has 9 rings (SSSR count). The molecule has 2 atom stereocenters. The van der Waals surface area contributed by atoms with E-state index in [0.29, 0.717) is 11.8 Å². The highest BCUT2D eigenvalue weighted by molar-refractivity contribution is 7.22. The molecule has 0 fully saturated rings. The molecular formula is C41H34S2. The molecule has 0 bridgehead atoms. The summed E-state index contributed by atoms with van der Waals surface area (Å²) in [7, 11) is 0. The fourth-order valence-corrected chi connectivity index (χ4v) is 10.5. The third kappa shape index (κ3) is 3.54. The molecule has 43 heavy (non-hydrogen) atoms. The second-order valence-electron chi connectivity index (χ2n) is 13.9. The average molecular weight is 591 g/mol. The van der Waals surface area contributed by atoms with Crippen molar-refractivity contribution in [1.29, 1.82) is 0 Å². The molecule has 2 heteroatoms. The van der Waals surface area contributed by atoms with Gasteiger partial charge in [0.1, 0.15) is 0 Å². The third-order valence-electron chi connectivity index (χ3n) is 10.7. The molecule has 3 aliphatic carbocycles. The molecule has 3 aliphatic rings. The predicted octanol–water partition coefficient (Wildman–Crippen LogP) is 12.1. The first-order valence-electron chi connectivity index (χ1n) is 15.4. The molecule has 0 spiro atoms. The van der Waals surface area contributed by atoms with Gasteiger partial charge in [-0.1, -0.05) is 100 Å². The van der Waals surface area contributed by atoms with Gasteiger partial charge in [-0.05, 0) is 110 Å². The SMILES string of the molecule is CC1=CC(c2cc3ccccc3s2)=CC2C1c1cc3c(cc1C2(C)C)-c1ccc(-c2cc4ccccc4s2)cc1C3(C)C. The topological polar surface area (TPSA) is 0 Å². The van der Waals surface area contributed by atoms with E-state index in [4.69, 9.17) is 0 Å². The Kier molecular flexibility index (Phi) is 5.20. The van der Waals surface area contributed by atoms with Crippen LogP contribution in [0, 0.1) is 5.92 Å². The Bertz CT molecular complexity index is 2140. The normalized spacial score (nSPS) is 20.9. The van der Waals surface area contributed by atoms with Gasteiger partial charge >= 0.3 is 0 Å². The molecule has 2 aromatic heterocycles. The van der Waals surface area contributed by atoms with Crippen molar-refractivity contribution in [2.24, 2.45) is 5.92 Å². The number of thiophene rings is 2. The maximum absolute atomic E-state index is 2.60. The van der Waals surface area contributed by atoms with Crippen LogP contribution in [0.4, 0.5) is 0 Å². The smallest absolute Gasteiger partial charge is 0.0355 e. The molecule has 2 unspecified atom stereocenters. The molecule has 4 aromatic carbocycles. The maximum Gasteiger partial charge on any atom is 0.0355 e. The minimum absolute atomic E-state index is 0.0427. The van der Waals surface area contributed by atoms with Crippen LogP contribution in [0.25, 0.3) is 47.3 Å². The lowest BCUT2D eigenvalue weighted by Gasteiger charge is -2.33. The first-order valence-corrected chi connectivity index (χ1v) is 17.1. The number of benzene rings is 4. The lowest BCUT2D eigenvalue weighted by molar-refractivity contribution is 0.388. The van der Waals surface area contributed by atoms with Crippen molar-refractivity contribution >= 4 is 48.4 Å². The fourth-order valence-electron chi connectivity index (χ4n) is 8.37. The Labute approximate surface area is 262 Å². The van der Waals surface area contributed by atoms with E-state index in [1.54, 1.807) is 5.56 Å². The summed E-state index contributed by atoms with van der Waals surface area (Å²) < 4.78 is 2.72. The Morgan fingerprint density at radius 2 is 1.28 bits per heavy atom. The van der Waals surface area contributed by atoms with E-state index in [-0.39, 0.29) is 10.8 Å². The zero-order valence-electron chi connectivity index (χ0n) is 25.3. The van der Waals surface area contributed by atoms with E-state index in [1.807, 2.05) is 22.7 Å². The second kappa shape index (κ2) is 8.68. The molecule has 0 radical (unpaired) electrons. The molecule has 0 N–H and O–H groups in total.